The molecule has 0 saturated carbocycles. The molecule has 0 saturated heterocycles. The molecule has 1 heterocycles. The lowest BCUT2D eigenvalue weighted by atomic mass is 10.2. The second kappa shape index (κ2) is 2.34. The van der Waals surface area contributed by atoms with Gasteiger partial charge in [0.25, 0.3) is 0 Å². The van der Waals surface area contributed by atoms with Crippen LogP contribution in [0.25, 0.3) is 10.9 Å². The van der Waals surface area contributed by atoms with Gasteiger partial charge in [0.15, 0.2) is 0 Å². The first-order chi connectivity index (χ1) is 5.77. The summed E-state index contributed by atoms with van der Waals surface area (Å²) in [6.07, 6.45) is 3.19. The summed E-state index contributed by atoms with van der Waals surface area (Å²) in [5.41, 5.74) is 13.1. The number of anilines is 2. The number of fused-ring (bicyclic) bond motifs is 1. The summed E-state index contributed by atoms with van der Waals surface area (Å²) in [5, 5.41) is 0.907. The fourth-order valence-electron chi connectivity index (χ4n) is 1.06. The van der Waals surface area contributed by atoms with E-state index in [0.29, 0.717) is 11.4 Å². The second-order valence-electron chi connectivity index (χ2n) is 2.56. The van der Waals surface area contributed by atoms with E-state index in [0.717, 1.165) is 10.9 Å². The zero-order valence-electron chi connectivity index (χ0n) is 6.36. The molecule has 1 aromatic heterocycles. The Morgan fingerprint density at radius 1 is 1.08 bits per heavy atom. The highest BCUT2D eigenvalue weighted by molar-refractivity contribution is 5.87. The summed E-state index contributed by atoms with van der Waals surface area (Å²) in [7, 11) is 0. The monoisotopic (exact) mass is 160 g/mol. The maximum atomic E-state index is 5.61. The van der Waals surface area contributed by atoms with Crippen LogP contribution < -0.4 is 11.5 Å². The van der Waals surface area contributed by atoms with Gasteiger partial charge >= 0.3 is 0 Å². The molecular formula is C8H8N4. The number of nitrogens with zero attached hydrogens (tertiary/aromatic N) is 2. The minimum absolute atomic E-state index is 0.557. The Morgan fingerprint density at radius 3 is 2.67 bits per heavy atom. The summed E-state index contributed by atoms with van der Waals surface area (Å²) >= 11 is 0. The van der Waals surface area contributed by atoms with E-state index in [2.05, 4.69) is 9.97 Å². The standard InChI is InChI=1S/C8H8N4/c9-6-1-5-3-11-4-12-8(5)2-7(6)10/h1-4H,9-10H2. The zero-order valence-corrected chi connectivity index (χ0v) is 6.36. The zero-order chi connectivity index (χ0) is 8.55. The van der Waals surface area contributed by atoms with Gasteiger partial charge in [0, 0.05) is 11.6 Å². The van der Waals surface area contributed by atoms with E-state index >= 15 is 0 Å². The Hall–Kier alpha value is -1.84. The SMILES string of the molecule is Nc1cc2cncnc2cc1N. The number of rotatable bonds is 0. The molecule has 0 aliphatic carbocycles. The van der Waals surface area contributed by atoms with Gasteiger partial charge < -0.3 is 11.5 Å². The Bertz CT molecular complexity index is 384. The molecule has 12 heavy (non-hydrogen) atoms. The summed E-state index contributed by atoms with van der Waals surface area (Å²) in [6.45, 7) is 0. The van der Waals surface area contributed by atoms with Gasteiger partial charge in [0.05, 0.1) is 16.9 Å². The second-order valence-corrected chi connectivity index (χ2v) is 2.56. The molecule has 1 aromatic carbocycles. The lowest BCUT2D eigenvalue weighted by molar-refractivity contribution is 1.22. The molecule has 0 spiro atoms. The highest BCUT2D eigenvalue weighted by Gasteiger charge is 1.98. The van der Waals surface area contributed by atoms with E-state index < -0.39 is 0 Å². The van der Waals surface area contributed by atoms with Crippen LogP contribution in [0.1, 0.15) is 0 Å². The normalized spacial score (nSPS) is 10.3. The fourth-order valence-corrected chi connectivity index (χ4v) is 1.06. The number of nitrogen functional groups attached to an aromatic ring is 2. The van der Waals surface area contributed by atoms with Gasteiger partial charge in [-0.2, -0.15) is 0 Å². The molecular weight excluding hydrogens is 152 g/mol. The maximum Gasteiger partial charge on any atom is 0.116 e. The summed E-state index contributed by atoms with van der Waals surface area (Å²) < 4.78 is 0. The topological polar surface area (TPSA) is 77.8 Å². The first-order valence-electron chi connectivity index (χ1n) is 3.52. The van der Waals surface area contributed by atoms with Gasteiger partial charge in [-0.05, 0) is 12.1 Å². The van der Waals surface area contributed by atoms with Crippen LogP contribution >= 0.6 is 0 Å². The van der Waals surface area contributed by atoms with E-state index in [-0.39, 0.29) is 0 Å². The molecule has 60 valence electrons. The van der Waals surface area contributed by atoms with Gasteiger partial charge in [0.1, 0.15) is 6.33 Å². The summed E-state index contributed by atoms with van der Waals surface area (Å²) in [6, 6.07) is 3.51. The van der Waals surface area contributed by atoms with E-state index in [1.54, 1.807) is 18.3 Å². The Kier molecular flexibility index (Phi) is 1.33. The van der Waals surface area contributed by atoms with Crippen LogP contribution in [0.2, 0.25) is 0 Å². The van der Waals surface area contributed by atoms with Gasteiger partial charge in [0.2, 0.25) is 0 Å². The minimum Gasteiger partial charge on any atom is -0.397 e. The third-order valence-electron chi connectivity index (χ3n) is 1.71. The van der Waals surface area contributed by atoms with Crippen molar-refractivity contribution in [2.24, 2.45) is 0 Å². The van der Waals surface area contributed by atoms with E-state index in [9.17, 15) is 0 Å². The van der Waals surface area contributed by atoms with Crippen molar-refractivity contribution in [2.75, 3.05) is 11.5 Å². The van der Waals surface area contributed by atoms with Crippen molar-refractivity contribution in [3.8, 4) is 0 Å². The highest BCUT2D eigenvalue weighted by Crippen LogP contribution is 2.20. The summed E-state index contributed by atoms with van der Waals surface area (Å²) in [4.78, 5) is 7.91. The van der Waals surface area contributed by atoms with Crippen LogP contribution in [0.4, 0.5) is 11.4 Å². The molecule has 0 amide bonds. The predicted octanol–water partition coefficient (Wildman–Crippen LogP) is 0.794. The predicted molar refractivity (Wildman–Crippen MR) is 48.4 cm³/mol. The molecule has 0 bridgehead atoms. The van der Waals surface area contributed by atoms with Crippen LogP contribution in [-0.4, -0.2) is 9.97 Å². The van der Waals surface area contributed by atoms with Crippen LogP contribution in [0.3, 0.4) is 0 Å². The van der Waals surface area contributed by atoms with E-state index in [1.165, 1.54) is 6.33 Å². The average molecular weight is 160 g/mol. The van der Waals surface area contributed by atoms with Crippen LogP contribution in [-0.2, 0) is 0 Å². The number of hydrogen-bond donors (Lipinski definition) is 2. The number of nitrogens with two attached hydrogens (primary N) is 2. The molecule has 0 aliphatic heterocycles. The average Bonchev–Trinajstić information content (AvgIpc) is 2.07. The largest absolute Gasteiger partial charge is 0.397 e. The molecule has 2 rings (SSSR count). The van der Waals surface area contributed by atoms with Crippen molar-refractivity contribution in [2.45, 2.75) is 0 Å². The van der Waals surface area contributed by atoms with Crippen molar-refractivity contribution in [3.05, 3.63) is 24.7 Å². The van der Waals surface area contributed by atoms with Crippen LogP contribution in [0, 0.1) is 0 Å². The molecule has 0 fully saturated rings. The Balaban J connectivity index is 2.84. The minimum atomic E-state index is 0.557. The van der Waals surface area contributed by atoms with Crippen molar-refractivity contribution >= 4 is 22.3 Å². The first-order valence-corrected chi connectivity index (χ1v) is 3.52. The molecule has 4 heteroatoms. The van der Waals surface area contributed by atoms with Gasteiger partial charge in [-0.15, -0.1) is 0 Å². The van der Waals surface area contributed by atoms with E-state index in [4.69, 9.17) is 11.5 Å². The lowest BCUT2D eigenvalue weighted by Crippen LogP contribution is -1.94. The van der Waals surface area contributed by atoms with Gasteiger partial charge in [-0.3, -0.25) is 0 Å². The van der Waals surface area contributed by atoms with Gasteiger partial charge in [-0.1, -0.05) is 0 Å². The van der Waals surface area contributed by atoms with Crippen molar-refractivity contribution in [1.29, 1.82) is 0 Å². The molecule has 4 N–H and O–H groups in total. The third kappa shape index (κ3) is 0.934. The molecule has 0 radical (unpaired) electrons. The molecule has 0 aliphatic rings. The lowest BCUT2D eigenvalue weighted by Gasteiger charge is -2.00. The molecule has 0 atom stereocenters. The fraction of sp³-hybridized carbons (Fsp3) is 0. The van der Waals surface area contributed by atoms with Crippen LogP contribution in [0.5, 0.6) is 0 Å². The van der Waals surface area contributed by atoms with Gasteiger partial charge in [-0.25, -0.2) is 9.97 Å². The Morgan fingerprint density at radius 2 is 1.83 bits per heavy atom. The maximum absolute atomic E-state index is 5.61. The molecule has 2 aromatic rings. The smallest absolute Gasteiger partial charge is 0.116 e. The summed E-state index contributed by atoms with van der Waals surface area (Å²) in [5.74, 6) is 0. The van der Waals surface area contributed by atoms with Crippen LogP contribution in [0.15, 0.2) is 24.7 Å². The Labute approximate surface area is 69.2 Å². The number of hydrogen-bond acceptors (Lipinski definition) is 4. The molecule has 0 unspecified atom stereocenters. The van der Waals surface area contributed by atoms with Crippen molar-refractivity contribution in [1.82, 2.24) is 9.97 Å². The first kappa shape index (κ1) is 6.84. The molecule has 4 nitrogen and oxygen atoms in total. The van der Waals surface area contributed by atoms with Crippen molar-refractivity contribution < 1.29 is 0 Å². The quantitative estimate of drug-likeness (QED) is 0.558. The number of benzene rings is 1. The number of aromatic nitrogens is 2. The van der Waals surface area contributed by atoms with Crippen molar-refractivity contribution in [3.63, 3.8) is 0 Å². The van der Waals surface area contributed by atoms with E-state index in [1.807, 2.05) is 0 Å². The highest BCUT2D eigenvalue weighted by atomic mass is 14.8. The third-order valence-corrected chi connectivity index (χ3v) is 1.71.